The van der Waals surface area contributed by atoms with Crippen LogP contribution in [0.15, 0.2) is 71.4 Å². The molecule has 1 aliphatic carbocycles. The van der Waals surface area contributed by atoms with Crippen LogP contribution in [0.3, 0.4) is 0 Å². The quantitative estimate of drug-likeness (QED) is 0.818. The van der Waals surface area contributed by atoms with Crippen LogP contribution in [0.1, 0.15) is 25.0 Å². The van der Waals surface area contributed by atoms with Gasteiger partial charge >= 0.3 is 0 Å². The number of carbonyl (C=O) groups excluding carboxylic acids is 1. The molecule has 1 heterocycles. The predicted molar refractivity (Wildman–Crippen MR) is 121 cm³/mol. The first kappa shape index (κ1) is 19.5. The first-order valence-corrected chi connectivity index (χ1v) is 10.2. The summed E-state index contributed by atoms with van der Waals surface area (Å²) < 4.78 is 0. The molecule has 0 saturated carbocycles. The number of carbonyl (C=O) groups is 1. The fourth-order valence-electron chi connectivity index (χ4n) is 4.23. The smallest absolute Gasteiger partial charge is 0.208 e. The van der Waals surface area contributed by atoms with E-state index in [2.05, 4.69) is 29.8 Å². The van der Waals surface area contributed by atoms with E-state index in [0.717, 1.165) is 22.4 Å². The summed E-state index contributed by atoms with van der Waals surface area (Å²) in [6, 6.07) is 15.7. The monoisotopic (exact) mass is 405 g/mol. The van der Waals surface area contributed by atoms with Crippen LogP contribution < -0.4 is 10.6 Å². The van der Waals surface area contributed by atoms with Gasteiger partial charge in [-0.3, -0.25) is 9.79 Å². The Balaban J connectivity index is 1.93. The van der Waals surface area contributed by atoms with Crippen molar-refractivity contribution in [1.29, 1.82) is 0 Å². The Labute approximate surface area is 176 Å². The van der Waals surface area contributed by atoms with Crippen molar-refractivity contribution in [2.45, 2.75) is 19.4 Å². The van der Waals surface area contributed by atoms with Crippen molar-refractivity contribution in [2.75, 3.05) is 18.0 Å². The van der Waals surface area contributed by atoms with Crippen LogP contribution in [0, 0.1) is 5.92 Å². The van der Waals surface area contributed by atoms with E-state index in [1.807, 2.05) is 54.7 Å². The van der Waals surface area contributed by atoms with Crippen LogP contribution in [0.4, 0.5) is 5.69 Å². The molecule has 1 unspecified atom stereocenters. The number of nitrogens with two attached hydrogens (primary N) is 1. The number of aliphatic imine (C=N–C) groups is 1. The SMILES string of the molecule is CC(C)C1(N2CCN=Cc3ccccc32)C=C(c2ccc(Cl)cc2)C=C(N)C1=O. The summed E-state index contributed by atoms with van der Waals surface area (Å²) in [5.41, 5.74) is 9.59. The molecule has 1 atom stereocenters. The molecule has 4 rings (SSSR count). The molecule has 1 aliphatic heterocycles. The highest BCUT2D eigenvalue weighted by molar-refractivity contribution is 6.30. The third-order valence-corrected chi connectivity index (χ3v) is 5.98. The number of allylic oxidation sites excluding steroid dienone is 2. The molecule has 4 nitrogen and oxygen atoms in total. The summed E-state index contributed by atoms with van der Waals surface area (Å²) in [5, 5.41) is 0.673. The highest BCUT2D eigenvalue weighted by atomic mass is 35.5. The lowest BCUT2D eigenvalue weighted by Crippen LogP contribution is -2.60. The van der Waals surface area contributed by atoms with Gasteiger partial charge in [0.25, 0.3) is 0 Å². The van der Waals surface area contributed by atoms with Gasteiger partial charge in [-0.05, 0) is 47.4 Å². The minimum absolute atomic E-state index is 0.00398. The van der Waals surface area contributed by atoms with Crippen LogP contribution in [0.2, 0.25) is 5.02 Å². The number of nitrogens with zero attached hydrogens (tertiary/aromatic N) is 2. The number of fused-ring (bicyclic) bond motifs is 1. The van der Waals surface area contributed by atoms with Gasteiger partial charge in [0.05, 0.1) is 12.2 Å². The average molecular weight is 406 g/mol. The largest absolute Gasteiger partial charge is 0.396 e. The summed E-state index contributed by atoms with van der Waals surface area (Å²) in [6.45, 7) is 5.39. The number of rotatable bonds is 3. The average Bonchev–Trinajstić information content (AvgIpc) is 2.93. The lowest BCUT2D eigenvalue weighted by molar-refractivity contribution is -0.120. The van der Waals surface area contributed by atoms with Gasteiger partial charge in [0.1, 0.15) is 5.54 Å². The lowest BCUT2D eigenvalue weighted by Gasteiger charge is -2.47. The molecule has 0 radical (unpaired) electrons. The molecule has 29 heavy (non-hydrogen) atoms. The van der Waals surface area contributed by atoms with E-state index in [0.29, 0.717) is 18.1 Å². The van der Waals surface area contributed by atoms with Gasteiger partial charge in [0, 0.05) is 29.0 Å². The predicted octanol–water partition coefficient (Wildman–Crippen LogP) is 4.48. The van der Waals surface area contributed by atoms with Gasteiger partial charge in [-0.1, -0.05) is 55.8 Å². The number of benzodiazepines with no additional fused rings is 1. The van der Waals surface area contributed by atoms with Crippen molar-refractivity contribution in [3.05, 3.63) is 82.5 Å². The zero-order valence-electron chi connectivity index (χ0n) is 16.6. The van der Waals surface area contributed by atoms with Crippen molar-refractivity contribution in [2.24, 2.45) is 16.6 Å². The van der Waals surface area contributed by atoms with E-state index >= 15 is 0 Å². The lowest BCUT2D eigenvalue weighted by atomic mass is 9.74. The highest BCUT2D eigenvalue weighted by Crippen LogP contribution is 2.41. The van der Waals surface area contributed by atoms with Crippen LogP contribution >= 0.6 is 11.6 Å². The van der Waals surface area contributed by atoms with Crippen LogP contribution in [0.5, 0.6) is 0 Å². The summed E-state index contributed by atoms with van der Waals surface area (Å²) in [7, 11) is 0. The molecule has 5 heteroatoms. The molecular formula is C24H24ClN3O. The maximum absolute atomic E-state index is 13.6. The molecule has 0 amide bonds. The van der Waals surface area contributed by atoms with E-state index in [4.69, 9.17) is 17.3 Å². The van der Waals surface area contributed by atoms with Gasteiger partial charge in [-0.2, -0.15) is 0 Å². The number of hydrogen-bond donors (Lipinski definition) is 1. The highest BCUT2D eigenvalue weighted by Gasteiger charge is 2.48. The summed E-state index contributed by atoms with van der Waals surface area (Å²) in [4.78, 5) is 20.3. The number of ketones is 1. The maximum atomic E-state index is 13.6. The second kappa shape index (κ2) is 7.53. The Bertz CT molecular complexity index is 1040. The van der Waals surface area contributed by atoms with Crippen molar-refractivity contribution in [3.63, 3.8) is 0 Å². The molecule has 148 valence electrons. The molecule has 2 aromatic rings. The summed E-state index contributed by atoms with van der Waals surface area (Å²) in [6.07, 6.45) is 5.73. The van der Waals surface area contributed by atoms with E-state index in [-0.39, 0.29) is 17.4 Å². The van der Waals surface area contributed by atoms with Gasteiger partial charge < -0.3 is 10.6 Å². The zero-order chi connectivity index (χ0) is 20.6. The number of anilines is 1. The van der Waals surface area contributed by atoms with Gasteiger partial charge in [0.2, 0.25) is 5.78 Å². The third kappa shape index (κ3) is 3.28. The first-order valence-electron chi connectivity index (χ1n) is 9.81. The topological polar surface area (TPSA) is 58.7 Å². The fraction of sp³-hybridized carbons (Fsp3) is 0.250. The Morgan fingerprint density at radius 3 is 2.59 bits per heavy atom. The standard InChI is InChI=1S/C24H24ClN3O/c1-16(2)24(28-12-11-27-15-18-5-3-4-6-22(18)28)14-19(13-21(26)23(24)29)17-7-9-20(25)10-8-17/h3-10,13-16H,11-12,26H2,1-2H3. The van der Waals surface area contributed by atoms with Gasteiger partial charge in [0.15, 0.2) is 0 Å². The number of benzene rings is 2. The van der Waals surface area contributed by atoms with Crippen molar-refractivity contribution in [3.8, 4) is 0 Å². The van der Waals surface area contributed by atoms with Gasteiger partial charge in [-0.15, -0.1) is 0 Å². The van der Waals surface area contributed by atoms with Gasteiger partial charge in [-0.25, -0.2) is 0 Å². The van der Waals surface area contributed by atoms with Crippen LogP contribution in [-0.4, -0.2) is 30.6 Å². The molecule has 0 spiro atoms. The normalized spacial score (nSPS) is 21.5. The second-order valence-electron chi connectivity index (χ2n) is 7.76. The minimum atomic E-state index is -0.891. The molecule has 0 fully saturated rings. The molecule has 2 N–H and O–H groups in total. The van der Waals surface area contributed by atoms with E-state index in [9.17, 15) is 4.79 Å². The van der Waals surface area contributed by atoms with E-state index in [1.165, 1.54) is 0 Å². The molecular weight excluding hydrogens is 382 g/mol. The Morgan fingerprint density at radius 1 is 1.14 bits per heavy atom. The van der Waals surface area contributed by atoms with E-state index in [1.54, 1.807) is 6.08 Å². The number of Topliss-reactive ketones (excluding diaryl/α,β-unsaturated/α-hetero) is 1. The Morgan fingerprint density at radius 2 is 1.86 bits per heavy atom. The molecule has 0 aromatic heterocycles. The summed E-state index contributed by atoms with van der Waals surface area (Å²) in [5.74, 6) is -0.0716. The second-order valence-corrected chi connectivity index (χ2v) is 8.20. The fourth-order valence-corrected chi connectivity index (χ4v) is 4.35. The number of para-hydroxylation sites is 1. The molecule has 0 bridgehead atoms. The van der Waals surface area contributed by atoms with E-state index < -0.39 is 5.54 Å². The Kier molecular flexibility index (Phi) is 5.05. The summed E-state index contributed by atoms with van der Waals surface area (Å²) >= 11 is 6.07. The molecule has 0 saturated heterocycles. The van der Waals surface area contributed by atoms with Crippen molar-refractivity contribution < 1.29 is 4.79 Å². The molecule has 2 aliphatic rings. The number of halogens is 1. The van der Waals surface area contributed by atoms with Crippen molar-refractivity contribution >= 4 is 34.9 Å². The molecule has 2 aromatic carbocycles. The number of hydrogen-bond acceptors (Lipinski definition) is 4. The third-order valence-electron chi connectivity index (χ3n) is 5.73. The first-order chi connectivity index (χ1) is 13.9. The zero-order valence-corrected chi connectivity index (χ0v) is 17.4. The van der Waals surface area contributed by atoms with Crippen LogP contribution in [0.25, 0.3) is 5.57 Å². The maximum Gasteiger partial charge on any atom is 0.208 e. The minimum Gasteiger partial charge on any atom is -0.396 e. The van der Waals surface area contributed by atoms with Crippen molar-refractivity contribution in [1.82, 2.24) is 0 Å². The Hall–Kier alpha value is -2.85. The van der Waals surface area contributed by atoms with Crippen LogP contribution in [-0.2, 0) is 4.79 Å².